The Labute approximate surface area is 57.1 Å². The Morgan fingerprint density at radius 1 is 1.50 bits per heavy atom. The monoisotopic (exact) mass is 130 g/mol. The molecule has 0 aromatic heterocycles. The second-order valence-corrected chi connectivity index (χ2v) is 3.84. The van der Waals surface area contributed by atoms with Gasteiger partial charge in [-0.05, 0) is 11.3 Å². The third-order valence-electron chi connectivity index (χ3n) is 2.43. The Hall–Kier alpha value is 0.350. The minimum Gasteiger partial charge on any atom is -0.175 e. The van der Waals surface area contributed by atoms with Crippen LogP contribution in [-0.2, 0) is 0 Å². The van der Waals surface area contributed by atoms with E-state index in [4.69, 9.17) is 0 Å². The zero-order chi connectivity index (χ0) is 6.36. The zero-order valence-electron chi connectivity index (χ0n) is 5.81. The predicted octanol–water partition coefficient (Wildman–Crippen LogP) is 2.35. The van der Waals surface area contributed by atoms with Crippen LogP contribution >= 0.6 is 12.6 Å². The van der Waals surface area contributed by atoms with Crippen molar-refractivity contribution in [2.45, 2.75) is 32.4 Å². The first kappa shape index (κ1) is 6.47. The lowest BCUT2D eigenvalue weighted by atomic mass is 10.1. The first-order valence-corrected chi connectivity index (χ1v) is 3.80. The summed E-state index contributed by atoms with van der Waals surface area (Å²) in [5.41, 5.74) is 0.540. The van der Waals surface area contributed by atoms with Gasteiger partial charge in [0, 0.05) is 5.25 Å². The topological polar surface area (TPSA) is 0 Å². The van der Waals surface area contributed by atoms with Crippen LogP contribution in [0.25, 0.3) is 0 Å². The van der Waals surface area contributed by atoms with Crippen molar-refractivity contribution >= 4 is 12.6 Å². The highest BCUT2D eigenvalue weighted by molar-refractivity contribution is 7.81. The van der Waals surface area contributed by atoms with Gasteiger partial charge < -0.3 is 0 Å². The maximum absolute atomic E-state index is 4.43. The Balaban J connectivity index is 2.45. The van der Waals surface area contributed by atoms with Crippen molar-refractivity contribution in [3.63, 3.8) is 0 Å². The summed E-state index contributed by atoms with van der Waals surface area (Å²) in [6.07, 6.45) is 1.29. The van der Waals surface area contributed by atoms with Gasteiger partial charge >= 0.3 is 0 Å². The fourth-order valence-corrected chi connectivity index (χ4v) is 2.17. The highest BCUT2D eigenvalue weighted by atomic mass is 32.1. The molecule has 0 saturated heterocycles. The SMILES string of the molecule is CCC1C(S)C1(C)C. The predicted molar refractivity (Wildman–Crippen MR) is 40.3 cm³/mol. The average Bonchev–Trinajstić information content (AvgIpc) is 2.09. The Bertz CT molecular complexity index is 96.6. The van der Waals surface area contributed by atoms with Crippen LogP contribution in [0.4, 0.5) is 0 Å². The van der Waals surface area contributed by atoms with Crippen LogP contribution < -0.4 is 0 Å². The summed E-state index contributed by atoms with van der Waals surface area (Å²) in [5, 5.41) is 0.674. The summed E-state index contributed by atoms with van der Waals surface area (Å²) in [6.45, 7) is 6.82. The highest BCUT2D eigenvalue weighted by Crippen LogP contribution is 2.57. The standard InChI is InChI=1S/C7H14S/c1-4-5-6(8)7(5,2)3/h5-6,8H,4H2,1-3H3. The van der Waals surface area contributed by atoms with Gasteiger partial charge in [-0.1, -0.05) is 27.2 Å². The zero-order valence-corrected chi connectivity index (χ0v) is 6.70. The van der Waals surface area contributed by atoms with Gasteiger partial charge in [-0.25, -0.2) is 0 Å². The van der Waals surface area contributed by atoms with Gasteiger partial charge in [-0.3, -0.25) is 0 Å². The molecule has 48 valence electrons. The molecule has 0 radical (unpaired) electrons. The average molecular weight is 130 g/mol. The molecule has 0 amide bonds. The normalized spacial score (nSPS) is 42.0. The molecule has 1 saturated carbocycles. The third-order valence-corrected chi connectivity index (χ3v) is 3.46. The molecular weight excluding hydrogens is 116 g/mol. The second-order valence-electron chi connectivity index (χ2n) is 3.28. The van der Waals surface area contributed by atoms with E-state index in [1.165, 1.54) is 6.42 Å². The van der Waals surface area contributed by atoms with Crippen LogP contribution in [0.3, 0.4) is 0 Å². The summed E-state index contributed by atoms with van der Waals surface area (Å²) in [5.74, 6) is 0.880. The van der Waals surface area contributed by atoms with Crippen molar-refractivity contribution < 1.29 is 0 Å². The summed E-state index contributed by atoms with van der Waals surface area (Å²) in [4.78, 5) is 0. The highest BCUT2D eigenvalue weighted by Gasteiger charge is 2.53. The van der Waals surface area contributed by atoms with Crippen molar-refractivity contribution in [1.29, 1.82) is 0 Å². The fourth-order valence-electron chi connectivity index (χ4n) is 1.46. The number of thiol groups is 1. The van der Waals surface area contributed by atoms with Crippen molar-refractivity contribution in [2.24, 2.45) is 11.3 Å². The van der Waals surface area contributed by atoms with E-state index in [-0.39, 0.29) is 0 Å². The Morgan fingerprint density at radius 2 is 1.88 bits per heavy atom. The van der Waals surface area contributed by atoms with Crippen LogP contribution in [0.15, 0.2) is 0 Å². The summed E-state index contributed by atoms with van der Waals surface area (Å²) in [6, 6.07) is 0. The quantitative estimate of drug-likeness (QED) is 0.517. The number of rotatable bonds is 1. The molecule has 0 N–H and O–H groups in total. The Kier molecular flexibility index (Phi) is 1.34. The van der Waals surface area contributed by atoms with Crippen molar-refractivity contribution in [2.75, 3.05) is 0 Å². The van der Waals surface area contributed by atoms with E-state index >= 15 is 0 Å². The molecule has 1 heteroatoms. The van der Waals surface area contributed by atoms with Crippen LogP contribution in [0.5, 0.6) is 0 Å². The molecule has 2 atom stereocenters. The molecule has 1 aliphatic rings. The van der Waals surface area contributed by atoms with Crippen molar-refractivity contribution in [3.8, 4) is 0 Å². The first-order chi connectivity index (χ1) is 3.60. The van der Waals surface area contributed by atoms with Gasteiger partial charge in [-0.15, -0.1) is 0 Å². The maximum atomic E-state index is 4.43. The smallest absolute Gasteiger partial charge is 0.0105 e. The molecule has 0 heterocycles. The van der Waals surface area contributed by atoms with E-state index in [0.717, 1.165) is 5.92 Å². The molecule has 0 aromatic carbocycles. The lowest BCUT2D eigenvalue weighted by Crippen LogP contribution is -1.88. The minimum absolute atomic E-state index is 0.540. The van der Waals surface area contributed by atoms with E-state index < -0.39 is 0 Å². The fraction of sp³-hybridized carbons (Fsp3) is 1.00. The summed E-state index contributed by atoms with van der Waals surface area (Å²) >= 11 is 4.43. The molecule has 1 fully saturated rings. The van der Waals surface area contributed by atoms with Crippen LogP contribution in [0, 0.1) is 11.3 Å². The van der Waals surface area contributed by atoms with E-state index in [0.29, 0.717) is 10.7 Å². The van der Waals surface area contributed by atoms with Crippen molar-refractivity contribution in [1.82, 2.24) is 0 Å². The van der Waals surface area contributed by atoms with Gasteiger partial charge in [0.25, 0.3) is 0 Å². The molecule has 0 spiro atoms. The summed E-state index contributed by atoms with van der Waals surface area (Å²) < 4.78 is 0. The minimum atomic E-state index is 0.540. The lowest BCUT2D eigenvalue weighted by Gasteiger charge is -1.95. The van der Waals surface area contributed by atoms with E-state index in [2.05, 4.69) is 33.4 Å². The number of hydrogen-bond acceptors (Lipinski definition) is 1. The molecule has 1 rings (SSSR count). The van der Waals surface area contributed by atoms with Gasteiger partial charge in [0.15, 0.2) is 0 Å². The summed E-state index contributed by atoms with van der Waals surface area (Å²) in [7, 11) is 0. The Morgan fingerprint density at radius 3 is 1.88 bits per heavy atom. The molecule has 1 aliphatic carbocycles. The number of hydrogen-bond donors (Lipinski definition) is 1. The van der Waals surface area contributed by atoms with Gasteiger partial charge in [0.1, 0.15) is 0 Å². The molecule has 2 unspecified atom stereocenters. The molecule has 0 aliphatic heterocycles. The second kappa shape index (κ2) is 1.66. The van der Waals surface area contributed by atoms with E-state index in [1.54, 1.807) is 0 Å². The first-order valence-electron chi connectivity index (χ1n) is 3.28. The van der Waals surface area contributed by atoms with Gasteiger partial charge in [0.05, 0.1) is 0 Å². The van der Waals surface area contributed by atoms with E-state index in [1.807, 2.05) is 0 Å². The lowest BCUT2D eigenvalue weighted by molar-refractivity contribution is 0.550. The van der Waals surface area contributed by atoms with Gasteiger partial charge in [0.2, 0.25) is 0 Å². The van der Waals surface area contributed by atoms with Crippen LogP contribution in [-0.4, -0.2) is 5.25 Å². The largest absolute Gasteiger partial charge is 0.175 e. The van der Waals surface area contributed by atoms with Crippen LogP contribution in [0.1, 0.15) is 27.2 Å². The molecule has 8 heavy (non-hydrogen) atoms. The van der Waals surface area contributed by atoms with Crippen molar-refractivity contribution in [3.05, 3.63) is 0 Å². The van der Waals surface area contributed by atoms with Crippen LogP contribution in [0.2, 0.25) is 0 Å². The molecule has 0 nitrogen and oxygen atoms in total. The molecule has 0 aromatic rings. The van der Waals surface area contributed by atoms with E-state index in [9.17, 15) is 0 Å². The third kappa shape index (κ3) is 0.680. The van der Waals surface area contributed by atoms with Gasteiger partial charge in [-0.2, -0.15) is 12.6 Å². The molecule has 0 bridgehead atoms. The molecular formula is C7H14S. The maximum Gasteiger partial charge on any atom is 0.0105 e.